The molecule has 2 aromatic carbocycles. The Morgan fingerprint density at radius 2 is 1.42 bits per heavy atom. The van der Waals surface area contributed by atoms with Crippen molar-refractivity contribution in [3.05, 3.63) is 94.2 Å². The highest BCUT2D eigenvalue weighted by molar-refractivity contribution is 7.09. The van der Waals surface area contributed by atoms with Crippen LogP contribution in [0.4, 0.5) is 0 Å². The Morgan fingerprint density at radius 1 is 0.774 bits per heavy atom. The molecule has 0 unspecified atom stereocenters. The maximum atomic E-state index is 13.4. The third kappa shape index (κ3) is 7.37. The van der Waals surface area contributed by atoms with Gasteiger partial charge in [-0.2, -0.15) is 0 Å². The van der Waals surface area contributed by atoms with E-state index in [1.54, 1.807) is 16.2 Å². The molecular formula is C26H30N2O2S. The number of rotatable bonds is 10. The number of benzene rings is 2. The average Bonchev–Trinajstić information content (AvgIpc) is 3.27. The van der Waals surface area contributed by atoms with Crippen molar-refractivity contribution in [2.45, 2.75) is 33.4 Å². The minimum atomic E-state index is -0.0284. The predicted octanol–water partition coefficient (Wildman–Crippen LogP) is 5.00. The van der Waals surface area contributed by atoms with Gasteiger partial charge in [-0.1, -0.05) is 80.6 Å². The van der Waals surface area contributed by atoms with Crippen molar-refractivity contribution in [3.8, 4) is 0 Å². The summed E-state index contributed by atoms with van der Waals surface area (Å²) >= 11 is 1.64. The number of thiophene rings is 1. The zero-order valence-corrected chi connectivity index (χ0v) is 19.1. The molecule has 31 heavy (non-hydrogen) atoms. The number of carbonyl (C=O) groups excluding carboxylic acids is 2. The summed E-state index contributed by atoms with van der Waals surface area (Å²) in [6.07, 6.45) is 0.310. The van der Waals surface area contributed by atoms with E-state index in [2.05, 4.69) is 13.8 Å². The lowest BCUT2D eigenvalue weighted by Gasteiger charge is -2.29. The summed E-state index contributed by atoms with van der Waals surface area (Å²) in [4.78, 5) is 31.1. The molecule has 0 spiro atoms. The van der Waals surface area contributed by atoms with Crippen LogP contribution in [0.5, 0.6) is 0 Å². The summed E-state index contributed by atoms with van der Waals surface area (Å²) < 4.78 is 0. The Hall–Kier alpha value is -2.92. The van der Waals surface area contributed by atoms with E-state index >= 15 is 0 Å². The van der Waals surface area contributed by atoms with Crippen LogP contribution in [0.2, 0.25) is 0 Å². The van der Waals surface area contributed by atoms with Gasteiger partial charge in [0.15, 0.2) is 0 Å². The number of hydrogen-bond acceptors (Lipinski definition) is 3. The van der Waals surface area contributed by atoms with E-state index in [1.807, 2.05) is 83.1 Å². The van der Waals surface area contributed by atoms with Crippen molar-refractivity contribution in [2.75, 3.05) is 13.1 Å². The molecule has 162 valence electrons. The first-order valence-corrected chi connectivity index (χ1v) is 11.5. The zero-order chi connectivity index (χ0) is 22.1. The van der Waals surface area contributed by atoms with Gasteiger partial charge < -0.3 is 9.80 Å². The molecule has 1 aromatic heterocycles. The molecule has 5 heteroatoms. The van der Waals surface area contributed by atoms with Crippen molar-refractivity contribution < 1.29 is 9.59 Å². The van der Waals surface area contributed by atoms with E-state index in [9.17, 15) is 9.59 Å². The molecule has 0 aliphatic rings. The Labute approximate surface area is 189 Å². The molecule has 0 saturated carbocycles. The fourth-order valence-electron chi connectivity index (χ4n) is 3.47. The molecule has 0 radical (unpaired) electrons. The molecule has 4 nitrogen and oxygen atoms in total. The van der Waals surface area contributed by atoms with Crippen LogP contribution in [-0.2, 0) is 29.1 Å². The average molecular weight is 435 g/mol. The molecule has 0 aliphatic heterocycles. The molecule has 3 aromatic rings. The van der Waals surface area contributed by atoms with Gasteiger partial charge in [0, 0.05) is 18.0 Å². The van der Waals surface area contributed by atoms with E-state index in [0.29, 0.717) is 26.1 Å². The van der Waals surface area contributed by atoms with E-state index in [1.165, 1.54) is 0 Å². The van der Waals surface area contributed by atoms with Crippen LogP contribution in [0, 0.1) is 5.92 Å². The largest absolute Gasteiger partial charge is 0.333 e. The number of carbonyl (C=O) groups is 2. The van der Waals surface area contributed by atoms with Gasteiger partial charge >= 0.3 is 0 Å². The van der Waals surface area contributed by atoms with Gasteiger partial charge in [0.05, 0.1) is 19.5 Å². The lowest BCUT2D eigenvalue weighted by Crippen LogP contribution is -2.44. The van der Waals surface area contributed by atoms with Gasteiger partial charge in [-0.05, 0) is 28.5 Å². The van der Waals surface area contributed by atoms with Gasteiger partial charge in [-0.15, -0.1) is 11.3 Å². The Balaban J connectivity index is 1.74. The quantitative estimate of drug-likeness (QED) is 0.450. The molecule has 2 amide bonds. The van der Waals surface area contributed by atoms with Crippen LogP contribution in [0.1, 0.15) is 29.9 Å². The standard InChI is InChI=1S/C26H30N2O2S/c1-21(2)17-27(25(29)16-22-10-5-3-6-11-22)20-26(30)28(19-24-14-9-15-31-24)18-23-12-7-4-8-13-23/h3-15,21H,16-20H2,1-2H3. The number of hydrogen-bond donors (Lipinski definition) is 0. The SMILES string of the molecule is CC(C)CN(CC(=O)N(Cc1ccccc1)Cc1cccs1)C(=O)Cc1ccccc1. The van der Waals surface area contributed by atoms with Gasteiger partial charge in [0.25, 0.3) is 0 Å². The number of amides is 2. The predicted molar refractivity (Wildman–Crippen MR) is 127 cm³/mol. The number of nitrogens with zero attached hydrogens (tertiary/aromatic N) is 2. The van der Waals surface area contributed by atoms with Crippen LogP contribution >= 0.6 is 11.3 Å². The summed E-state index contributed by atoms with van der Waals surface area (Å²) in [5.74, 6) is 0.246. The van der Waals surface area contributed by atoms with Crippen molar-refractivity contribution in [1.29, 1.82) is 0 Å². The Kier molecular flexibility index (Phi) is 8.42. The van der Waals surface area contributed by atoms with Crippen LogP contribution in [0.15, 0.2) is 78.2 Å². The van der Waals surface area contributed by atoms with Gasteiger partial charge in [-0.25, -0.2) is 0 Å². The van der Waals surface area contributed by atoms with Crippen molar-refractivity contribution in [3.63, 3.8) is 0 Å². The third-order valence-electron chi connectivity index (χ3n) is 4.96. The van der Waals surface area contributed by atoms with E-state index in [0.717, 1.165) is 16.0 Å². The van der Waals surface area contributed by atoms with Crippen LogP contribution in [0.3, 0.4) is 0 Å². The van der Waals surface area contributed by atoms with E-state index in [4.69, 9.17) is 0 Å². The molecule has 1 heterocycles. The lowest BCUT2D eigenvalue weighted by atomic mass is 10.1. The highest BCUT2D eigenvalue weighted by Crippen LogP contribution is 2.16. The highest BCUT2D eigenvalue weighted by atomic mass is 32.1. The van der Waals surface area contributed by atoms with E-state index in [-0.39, 0.29) is 24.3 Å². The normalized spacial score (nSPS) is 10.8. The second-order valence-electron chi connectivity index (χ2n) is 8.15. The fourth-order valence-corrected chi connectivity index (χ4v) is 4.19. The molecule has 0 N–H and O–H groups in total. The summed E-state index contributed by atoms with van der Waals surface area (Å²) in [6, 6.07) is 23.8. The Morgan fingerprint density at radius 3 is 2.00 bits per heavy atom. The maximum absolute atomic E-state index is 13.4. The first-order chi connectivity index (χ1) is 15.0. The van der Waals surface area contributed by atoms with E-state index < -0.39 is 0 Å². The highest BCUT2D eigenvalue weighted by Gasteiger charge is 2.23. The van der Waals surface area contributed by atoms with Gasteiger partial charge in [-0.3, -0.25) is 9.59 Å². The first kappa shape index (κ1) is 22.8. The second-order valence-corrected chi connectivity index (χ2v) is 9.18. The minimum Gasteiger partial charge on any atom is -0.333 e. The summed E-state index contributed by atoms with van der Waals surface area (Å²) in [5.41, 5.74) is 2.05. The molecule has 0 bridgehead atoms. The van der Waals surface area contributed by atoms with Gasteiger partial charge in [0.2, 0.25) is 11.8 Å². The minimum absolute atomic E-state index is 0.0102. The van der Waals surface area contributed by atoms with Crippen molar-refractivity contribution in [2.24, 2.45) is 5.92 Å². The van der Waals surface area contributed by atoms with Crippen LogP contribution < -0.4 is 0 Å². The summed E-state index contributed by atoms with van der Waals surface area (Å²) in [7, 11) is 0. The molecule has 0 saturated heterocycles. The molecule has 3 rings (SSSR count). The summed E-state index contributed by atoms with van der Waals surface area (Å²) in [6.45, 7) is 5.88. The van der Waals surface area contributed by atoms with Crippen LogP contribution in [0.25, 0.3) is 0 Å². The summed E-state index contributed by atoms with van der Waals surface area (Å²) in [5, 5.41) is 2.02. The van der Waals surface area contributed by atoms with Gasteiger partial charge in [0.1, 0.15) is 0 Å². The third-order valence-corrected chi connectivity index (χ3v) is 5.82. The topological polar surface area (TPSA) is 40.6 Å². The lowest BCUT2D eigenvalue weighted by molar-refractivity contribution is -0.141. The molecular weight excluding hydrogens is 404 g/mol. The molecule has 0 aliphatic carbocycles. The zero-order valence-electron chi connectivity index (χ0n) is 18.2. The first-order valence-electron chi connectivity index (χ1n) is 10.7. The smallest absolute Gasteiger partial charge is 0.242 e. The second kappa shape index (κ2) is 11.5. The Bertz CT molecular complexity index is 940. The van der Waals surface area contributed by atoms with Crippen LogP contribution in [-0.4, -0.2) is 34.7 Å². The monoisotopic (exact) mass is 434 g/mol. The molecule has 0 atom stereocenters. The van der Waals surface area contributed by atoms with Crippen molar-refractivity contribution >= 4 is 23.2 Å². The maximum Gasteiger partial charge on any atom is 0.242 e. The molecule has 0 fully saturated rings. The van der Waals surface area contributed by atoms with Crippen molar-refractivity contribution in [1.82, 2.24) is 9.80 Å². The fraction of sp³-hybridized carbons (Fsp3) is 0.308.